The maximum Gasteiger partial charge on any atom is 0.241 e. The molecule has 174 valence electrons. The third-order valence-corrected chi connectivity index (χ3v) is 6.83. The van der Waals surface area contributed by atoms with Gasteiger partial charge in [0.25, 0.3) is 0 Å². The number of carbonyl (C=O) groups excluding carboxylic acids is 2. The Morgan fingerprint density at radius 2 is 1.75 bits per heavy atom. The number of epoxide rings is 1. The van der Waals surface area contributed by atoms with Crippen molar-refractivity contribution in [3.05, 3.63) is 42.5 Å². The average Bonchev–Trinajstić information content (AvgIpc) is 3.57. The van der Waals surface area contributed by atoms with E-state index >= 15 is 0 Å². The number of benzene rings is 2. The minimum Gasteiger partial charge on any atom is -0.394 e. The van der Waals surface area contributed by atoms with Crippen LogP contribution < -0.4 is 10.0 Å². The standard InChI is InChI=1S/C22H28N2O7S/c1-14(2)9-18(20(27)22(12-26)13-31-22)23-21(28)19(11-25)24-32(29,30)17-8-7-15-5-3-4-6-16(15)10-17/h3-8,10,14,18-19,24-26H,9,11-13H2,1-2H3,(H,23,28)/t18-,19-,22+/m0/s1. The summed E-state index contributed by atoms with van der Waals surface area (Å²) in [6, 6.07) is 9.28. The van der Waals surface area contributed by atoms with Crippen LogP contribution in [0.1, 0.15) is 20.3 Å². The van der Waals surface area contributed by atoms with E-state index in [2.05, 4.69) is 10.0 Å². The molecule has 1 heterocycles. The fourth-order valence-electron chi connectivity index (χ4n) is 3.45. The fraction of sp³-hybridized carbons (Fsp3) is 0.455. The van der Waals surface area contributed by atoms with Crippen molar-refractivity contribution in [2.24, 2.45) is 5.92 Å². The normalized spacial score (nSPS) is 20.2. The molecular formula is C22H28N2O7S. The number of ketones is 1. The number of carbonyl (C=O) groups is 2. The monoisotopic (exact) mass is 464 g/mol. The first-order valence-corrected chi connectivity index (χ1v) is 11.8. The highest BCUT2D eigenvalue weighted by Gasteiger charge is 2.54. The summed E-state index contributed by atoms with van der Waals surface area (Å²) < 4.78 is 33.0. The molecule has 0 bridgehead atoms. The molecule has 10 heteroatoms. The van der Waals surface area contributed by atoms with Crippen LogP contribution in [0.5, 0.6) is 0 Å². The lowest BCUT2D eigenvalue weighted by Crippen LogP contribution is -2.55. The first-order valence-electron chi connectivity index (χ1n) is 10.3. The Kier molecular flexibility index (Phi) is 7.31. The second-order valence-electron chi connectivity index (χ2n) is 8.36. The number of ether oxygens (including phenoxy) is 1. The largest absolute Gasteiger partial charge is 0.394 e. The molecule has 1 amide bonds. The highest BCUT2D eigenvalue weighted by Crippen LogP contribution is 2.30. The van der Waals surface area contributed by atoms with Gasteiger partial charge in [0, 0.05) is 0 Å². The van der Waals surface area contributed by atoms with Crippen molar-refractivity contribution in [1.82, 2.24) is 10.0 Å². The molecule has 9 nitrogen and oxygen atoms in total. The van der Waals surface area contributed by atoms with Crippen LogP contribution in [0.25, 0.3) is 10.8 Å². The Hall–Kier alpha value is -2.37. The quantitative estimate of drug-likeness (QED) is 0.351. The summed E-state index contributed by atoms with van der Waals surface area (Å²) in [5, 5.41) is 23.2. The Morgan fingerprint density at radius 1 is 1.09 bits per heavy atom. The van der Waals surface area contributed by atoms with Crippen LogP contribution in [0.15, 0.2) is 47.4 Å². The summed E-state index contributed by atoms with van der Waals surface area (Å²) in [4.78, 5) is 25.5. The first kappa shape index (κ1) is 24.3. The molecule has 1 fully saturated rings. The summed E-state index contributed by atoms with van der Waals surface area (Å²) in [6.45, 7) is 2.47. The summed E-state index contributed by atoms with van der Waals surface area (Å²) in [5.41, 5.74) is -1.33. The molecule has 2 aromatic rings. The van der Waals surface area contributed by atoms with Gasteiger partial charge in [-0.05, 0) is 35.2 Å². The molecule has 0 spiro atoms. The van der Waals surface area contributed by atoms with Gasteiger partial charge in [-0.2, -0.15) is 4.72 Å². The van der Waals surface area contributed by atoms with E-state index in [0.29, 0.717) is 5.39 Å². The summed E-state index contributed by atoms with van der Waals surface area (Å²) in [6.07, 6.45) is 0.269. The summed E-state index contributed by atoms with van der Waals surface area (Å²) >= 11 is 0. The number of rotatable bonds is 11. The molecule has 4 N–H and O–H groups in total. The number of amides is 1. The number of sulfonamides is 1. The molecule has 2 aromatic carbocycles. The third-order valence-electron chi connectivity index (χ3n) is 5.37. The molecule has 0 aromatic heterocycles. The van der Waals surface area contributed by atoms with Crippen LogP contribution in [0.2, 0.25) is 0 Å². The average molecular weight is 465 g/mol. The smallest absolute Gasteiger partial charge is 0.241 e. The number of hydrogen-bond donors (Lipinski definition) is 4. The van der Waals surface area contributed by atoms with Crippen LogP contribution >= 0.6 is 0 Å². The molecular weight excluding hydrogens is 436 g/mol. The van der Waals surface area contributed by atoms with Crippen LogP contribution in [0, 0.1) is 5.92 Å². The van der Waals surface area contributed by atoms with E-state index in [4.69, 9.17) is 4.74 Å². The molecule has 3 atom stereocenters. The van der Waals surface area contributed by atoms with Crippen LogP contribution in [0.4, 0.5) is 0 Å². The molecule has 1 aliphatic rings. The summed E-state index contributed by atoms with van der Waals surface area (Å²) in [5.74, 6) is -1.29. The highest BCUT2D eigenvalue weighted by molar-refractivity contribution is 7.89. The van der Waals surface area contributed by atoms with Gasteiger partial charge in [-0.1, -0.05) is 44.2 Å². The third kappa shape index (κ3) is 5.33. The lowest BCUT2D eigenvalue weighted by atomic mass is 9.92. The van der Waals surface area contributed by atoms with Crippen molar-refractivity contribution in [2.45, 2.75) is 42.8 Å². The SMILES string of the molecule is CC(C)C[C@H](NC(=O)[C@H](CO)NS(=O)(=O)c1ccc2ccccc2c1)C(=O)[C@@]1(CO)CO1. The van der Waals surface area contributed by atoms with Gasteiger partial charge >= 0.3 is 0 Å². The van der Waals surface area contributed by atoms with Gasteiger partial charge in [-0.3, -0.25) is 9.59 Å². The van der Waals surface area contributed by atoms with Gasteiger partial charge in [0.15, 0.2) is 11.4 Å². The molecule has 3 rings (SSSR count). The first-order chi connectivity index (χ1) is 15.1. The van der Waals surface area contributed by atoms with Gasteiger partial charge in [0.1, 0.15) is 6.04 Å². The second-order valence-corrected chi connectivity index (χ2v) is 10.1. The number of aliphatic hydroxyl groups is 2. The Bertz CT molecular complexity index is 1100. The second kappa shape index (κ2) is 9.63. The lowest BCUT2D eigenvalue weighted by Gasteiger charge is -2.24. The molecule has 0 aliphatic carbocycles. The number of Topliss-reactive ketones (excluding diaryl/α,β-unsaturated/α-hetero) is 1. The molecule has 32 heavy (non-hydrogen) atoms. The van der Waals surface area contributed by atoms with Gasteiger partial charge in [-0.15, -0.1) is 0 Å². The Morgan fingerprint density at radius 3 is 2.31 bits per heavy atom. The van der Waals surface area contributed by atoms with E-state index in [1.165, 1.54) is 12.1 Å². The number of nitrogens with one attached hydrogen (secondary N) is 2. The summed E-state index contributed by atoms with van der Waals surface area (Å²) in [7, 11) is -4.13. The fourth-order valence-corrected chi connectivity index (χ4v) is 4.68. The zero-order valence-corrected chi connectivity index (χ0v) is 18.8. The van der Waals surface area contributed by atoms with Crippen molar-refractivity contribution in [3.8, 4) is 0 Å². The van der Waals surface area contributed by atoms with Crippen molar-refractivity contribution in [3.63, 3.8) is 0 Å². The number of fused-ring (bicyclic) bond motifs is 1. The van der Waals surface area contributed by atoms with Crippen LogP contribution in [-0.2, 0) is 24.3 Å². The lowest BCUT2D eigenvalue weighted by molar-refractivity contribution is -0.133. The number of aliphatic hydroxyl groups excluding tert-OH is 2. The molecule has 0 unspecified atom stereocenters. The number of hydrogen-bond acceptors (Lipinski definition) is 7. The van der Waals surface area contributed by atoms with Crippen molar-refractivity contribution < 1.29 is 33.0 Å². The van der Waals surface area contributed by atoms with Crippen LogP contribution in [0.3, 0.4) is 0 Å². The van der Waals surface area contributed by atoms with Gasteiger partial charge in [0.05, 0.1) is 30.8 Å². The van der Waals surface area contributed by atoms with Crippen molar-refractivity contribution >= 4 is 32.5 Å². The maximum atomic E-state index is 12.8. The topological polar surface area (TPSA) is 145 Å². The molecule has 1 aliphatic heterocycles. The van der Waals surface area contributed by atoms with E-state index in [9.17, 15) is 28.2 Å². The maximum absolute atomic E-state index is 12.8. The van der Waals surface area contributed by atoms with Crippen molar-refractivity contribution in [1.29, 1.82) is 0 Å². The van der Waals surface area contributed by atoms with Gasteiger partial charge in [-0.25, -0.2) is 8.42 Å². The van der Waals surface area contributed by atoms with E-state index in [1.807, 2.05) is 26.0 Å². The van der Waals surface area contributed by atoms with E-state index in [-0.39, 0.29) is 23.8 Å². The van der Waals surface area contributed by atoms with E-state index in [1.54, 1.807) is 18.2 Å². The minimum absolute atomic E-state index is 0.0283. The Labute approximate surface area is 186 Å². The van der Waals surface area contributed by atoms with E-state index in [0.717, 1.165) is 5.39 Å². The predicted octanol–water partition coefficient (Wildman–Crippen LogP) is 0.340. The molecule has 0 saturated carbocycles. The van der Waals surface area contributed by atoms with Gasteiger partial charge < -0.3 is 20.3 Å². The highest BCUT2D eigenvalue weighted by atomic mass is 32.2. The Balaban J connectivity index is 1.76. The molecule has 1 saturated heterocycles. The zero-order chi connectivity index (χ0) is 23.5. The van der Waals surface area contributed by atoms with Gasteiger partial charge in [0.2, 0.25) is 15.9 Å². The molecule has 0 radical (unpaired) electrons. The minimum atomic E-state index is -4.13. The predicted molar refractivity (Wildman–Crippen MR) is 117 cm³/mol. The van der Waals surface area contributed by atoms with E-state index < -0.39 is 52.6 Å². The zero-order valence-electron chi connectivity index (χ0n) is 17.9. The van der Waals surface area contributed by atoms with Crippen LogP contribution in [-0.4, -0.2) is 67.8 Å². The van der Waals surface area contributed by atoms with Crippen molar-refractivity contribution in [2.75, 3.05) is 19.8 Å².